The Hall–Kier alpha value is -0.250. The van der Waals surface area contributed by atoms with Crippen molar-refractivity contribution < 1.29 is 0 Å². The van der Waals surface area contributed by atoms with E-state index in [1.54, 1.807) is 5.56 Å². The predicted octanol–water partition coefficient (Wildman–Crippen LogP) is 3.47. The molecule has 0 unspecified atom stereocenters. The molecular weight excluding hydrogens is 285 g/mol. The number of para-hydroxylation sites is 1. The molecule has 1 aliphatic heterocycles. The van der Waals surface area contributed by atoms with E-state index in [1.807, 2.05) is 0 Å². The number of benzene rings is 1. The molecule has 0 radical (unpaired) electrons. The van der Waals surface area contributed by atoms with Gasteiger partial charge in [-0.05, 0) is 30.9 Å². The first-order chi connectivity index (χ1) is 6.77. The molecule has 1 fully saturated rings. The summed E-state index contributed by atoms with van der Waals surface area (Å²) in [6, 6.07) is 7.40. The van der Waals surface area contributed by atoms with E-state index in [9.17, 15) is 0 Å². The van der Waals surface area contributed by atoms with Crippen LogP contribution in [0.15, 0.2) is 18.2 Å². The summed E-state index contributed by atoms with van der Waals surface area (Å²) in [5.74, 6) is 0.784. The summed E-state index contributed by atoms with van der Waals surface area (Å²) in [6.45, 7) is 2.20. The number of hydrogen-bond acceptors (Lipinski definition) is 1. The SMILES string of the molecule is Cc1cccc2c1N[C@H]1[C@H](I)CC[C@@H]21. The average Bonchev–Trinajstić information content (AvgIpc) is 2.69. The van der Waals surface area contributed by atoms with Gasteiger partial charge in [0.25, 0.3) is 0 Å². The molecule has 0 amide bonds. The average molecular weight is 299 g/mol. The van der Waals surface area contributed by atoms with Gasteiger partial charge in [-0.1, -0.05) is 40.8 Å². The molecular formula is C12H14IN. The van der Waals surface area contributed by atoms with E-state index >= 15 is 0 Å². The van der Waals surface area contributed by atoms with E-state index in [0.29, 0.717) is 6.04 Å². The second-order valence-electron chi connectivity index (χ2n) is 4.41. The van der Waals surface area contributed by atoms with Gasteiger partial charge in [0.2, 0.25) is 0 Å². The summed E-state index contributed by atoms with van der Waals surface area (Å²) in [4.78, 5) is 0. The summed E-state index contributed by atoms with van der Waals surface area (Å²) in [5.41, 5.74) is 4.39. The monoisotopic (exact) mass is 299 g/mol. The summed E-state index contributed by atoms with van der Waals surface area (Å²) in [5, 5.41) is 3.71. The molecule has 0 bridgehead atoms. The molecule has 0 aromatic heterocycles. The molecule has 2 aliphatic rings. The van der Waals surface area contributed by atoms with Crippen LogP contribution in [0.25, 0.3) is 0 Å². The Morgan fingerprint density at radius 2 is 2.21 bits per heavy atom. The van der Waals surface area contributed by atoms with Gasteiger partial charge in [-0.15, -0.1) is 0 Å². The molecule has 14 heavy (non-hydrogen) atoms. The number of fused-ring (bicyclic) bond motifs is 3. The predicted molar refractivity (Wildman–Crippen MR) is 68.4 cm³/mol. The Morgan fingerprint density at radius 3 is 3.07 bits per heavy atom. The van der Waals surface area contributed by atoms with Crippen molar-refractivity contribution in [3.63, 3.8) is 0 Å². The van der Waals surface area contributed by atoms with Gasteiger partial charge in [0.1, 0.15) is 0 Å². The van der Waals surface area contributed by atoms with Gasteiger partial charge < -0.3 is 5.32 Å². The van der Waals surface area contributed by atoms with E-state index in [-0.39, 0.29) is 0 Å². The van der Waals surface area contributed by atoms with Crippen LogP contribution in [0.5, 0.6) is 0 Å². The number of anilines is 1. The standard InChI is InChI=1S/C12H14IN/c1-7-3-2-4-8-9-5-6-10(13)12(9)14-11(7)8/h2-4,9-10,12,14H,5-6H2,1H3/t9-,10+,12+/m0/s1. The lowest BCUT2D eigenvalue weighted by atomic mass is 9.96. The summed E-state index contributed by atoms with van der Waals surface area (Å²) >= 11 is 2.60. The Bertz CT molecular complexity index is 375. The Kier molecular flexibility index (Phi) is 2.01. The smallest absolute Gasteiger partial charge is 0.0448 e. The quantitative estimate of drug-likeness (QED) is 0.571. The Balaban J connectivity index is 2.08. The largest absolute Gasteiger partial charge is 0.380 e. The molecule has 1 aromatic carbocycles. The molecule has 1 aromatic rings. The normalized spacial score (nSPS) is 33.7. The molecule has 3 atom stereocenters. The van der Waals surface area contributed by atoms with Crippen molar-refractivity contribution in [1.29, 1.82) is 0 Å². The maximum atomic E-state index is 3.71. The third kappa shape index (κ3) is 1.12. The molecule has 1 aliphatic carbocycles. The Labute approximate surface area is 98.4 Å². The second-order valence-corrected chi connectivity index (χ2v) is 6.01. The van der Waals surface area contributed by atoms with Gasteiger partial charge >= 0.3 is 0 Å². The minimum atomic E-state index is 0.701. The molecule has 0 spiro atoms. The van der Waals surface area contributed by atoms with Crippen molar-refractivity contribution >= 4 is 28.3 Å². The fourth-order valence-electron chi connectivity index (χ4n) is 2.85. The third-order valence-electron chi connectivity index (χ3n) is 3.59. The summed E-state index contributed by atoms with van der Waals surface area (Å²) in [7, 11) is 0. The lowest BCUT2D eigenvalue weighted by Gasteiger charge is -2.13. The molecule has 0 saturated heterocycles. The minimum Gasteiger partial charge on any atom is -0.380 e. The second kappa shape index (κ2) is 3.12. The topological polar surface area (TPSA) is 12.0 Å². The van der Waals surface area contributed by atoms with Crippen LogP contribution in [-0.2, 0) is 0 Å². The van der Waals surface area contributed by atoms with Gasteiger partial charge in [-0.25, -0.2) is 0 Å². The first-order valence-electron chi connectivity index (χ1n) is 5.27. The first-order valence-corrected chi connectivity index (χ1v) is 6.52. The third-order valence-corrected chi connectivity index (χ3v) is 4.99. The zero-order valence-electron chi connectivity index (χ0n) is 8.26. The lowest BCUT2D eigenvalue weighted by Crippen LogP contribution is -2.23. The van der Waals surface area contributed by atoms with Gasteiger partial charge in [0.05, 0.1) is 0 Å². The first kappa shape index (κ1) is 9.01. The molecule has 1 heterocycles. The highest BCUT2D eigenvalue weighted by Gasteiger charge is 2.41. The van der Waals surface area contributed by atoms with Gasteiger partial charge in [-0.2, -0.15) is 0 Å². The zero-order valence-corrected chi connectivity index (χ0v) is 10.4. The van der Waals surface area contributed by atoms with Crippen molar-refractivity contribution in [1.82, 2.24) is 0 Å². The molecule has 1 saturated carbocycles. The van der Waals surface area contributed by atoms with Crippen molar-refractivity contribution in [3.8, 4) is 0 Å². The van der Waals surface area contributed by atoms with Crippen LogP contribution in [0.2, 0.25) is 0 Å². The van der Waals surface area contributed by atoms with Crippen LogP contribution in [0, 0.1) is 6.92 Å². The fraction of sp³-hybridized carbons (Fsp3) is 0.500. The number of nitrogens with one attached hydrogen (secondary N) is 1. The number of hydrogen-bond donors (Lipinski definition) is 1. The van der Waals surface area contributed by atoms with Crippen molar-refractivity contribution in [2.45, 2.75) is 35.6 Å². The molecule has 1 nitrogen and oxygen atoms in total. The number of rotatable bonds is 0. The number of halogens is 1. The van der Waals surface area contributed by atoms with Gasteiger partial charge in [0, 0.05) is 21.6 Å². The molecule has 1 N–H and O–H groups in total. The van der Waals surface area contributed by atoms with Crippen LogP contribution in [0.4, 0.5) is 5.69 Å². The minimum absolute atomic E-state index is 0.701. The number of aryl methyl sites for hydroxylation is 1. The van der Waals surface area contributed by atoms with E-state index in [2.05, 4.69) is 53.0 Å². The van der Waals surface area contributed by atoms with Crippen molar-refractivity contribution in [2.24, 2.45) is 0 Å². The van der Waals surface area contributed by atoms with Crippen molar-refractivity contribution in [2.75, 3.05) is 5.32 Å². The highest BCUT2D eigenvalue weighted by Crippen LogP contribution is 2.48. The van der Waals surface area contributed by atoms with E-state index in [0.717, 1.165) is 9.84 Å². The zero-order chi connectivity index (χ0) is 9.71. The van der Waals surface area contributed by atoms with E-state index in [4.69, 9.17) is 0 Å². The highest BCUT2D eigenvalue weighted by molar-refractivity contribution is 14.1. The Morgan fingerprint density at radius 1 is 1.36 bits per heavy atom. The van der Waals surface area contributed by atoms with Crippen LogP contribution in [0.1, 0.15) is 29.9 Å². The summed E-state index contributed by atoms with van der Waals surface area (Å²) < 4.78 is 0.810. The lowest BCUT2D eigenvalue weighted by molar-refractivity contribution is 0.699. The maximum Gasteiger partial charge on any atom is 0.0448 e. The number of alkyl halides is 1. The highest BCUT2D eigenvalue weighted by atomic mass is 127. The van der Waals surface area contributed by atoms with Crippen LogP contribution >= 0.6 is 22.6 Å². The summed E-state index contributed by atoms with van der Waals surface area (Å²) in [6.07, 6.45) is 2.73. The van der Waals surface area contributed by atoms with Gasteiger partial charge in [-0.3, -0.25) is 0 Å². The fourth-order valence-corrected chi connectivity index (χ4v) is 3.89. The van der Waals surface area contributed by atoms with Crippen LogP contribution in [0.3, 0.4) is 0 Å². The van der Waals surface area contributed by atoms with Crippen LogP contribution in [-0.4, -0.2) is 9.97 Å². The van der Waals surface area contributed by atoms with Crippen LogP contribution < -0.4 is 5.32 Å². The van der Waals surface area contributed by atoms with E-state index in [1.165, 1.54) is 24.1 Å². The molecule has 2 heteroatoms. The molecule has 74 valence electrons. The van der Waals surface area contributed by atoms with Gasteiger partial charge in [0.15, 0.2) is 0 Å². The van der Waals surface area contributed by atoms with E-state index < -0.39 is 0 Å². The van der Waals surface area contributed by atoms with Crippen molar-refractivity contribution in [3.05, 3.63) is 29.3 Å². The molecule has 3 rings (SSSR count). The maximum absolute atomic E-state index is 3.71.